The summed E-state index contributed by atoms with van der Waals surface area (Å²) in [4.78, 5) is 0. The molecule has 0 bridgehead atoms. The lowest BCUT2D eigenvalue weighted by Gasteiger charge is -2.10. The number of allylic oxidation sites excluding steroid dienone is 2. The second-order valence-corrected chi connectivity index (χ2v) is 7.24. The Morgan fingerprint density at radius 1 is 1.08 bits per heavy atom. The van der Waals surface area contributed by atoms with E-state index in [9.17, 15) is 0 Å². The van der Waals surface area contributed by atoms with E-state index in [1.807, 2.05) is 6.07 Å². The maximum absolute atomic E-state index is 5.84. The molecule has 2 nitrogen and oxygen atoms in total. The fourth-order valence-corrected chi connectivity index (χ4v) is 2.76. The fourth-order valence-electron chi connectivity index (χ4n) is 2.76. The monoisotopic (exact) mass is 330 g/mol. The largest absolute Gasteiger partial charge is 0.490 e. The van der Waals surface area contributed by atoms with Crippen LogP contribution in [0, 0.1) is 0 Å². The van der Waals surface area contributed by atoms with Gasteiger partial charge in [0, 0.05) is 0 Å². The van der Waals surface area contributed by atoms with E-state index in [-0.39, 0.29) is 5.60 Å². The molecule has 0 saturated carbocycles. The highest BCUT2D eigenvalue weighted by Crippen LogP contribution is 2.27. The molecule has 1 aliphatic heterocycles. The Balaban J connectivity index is 1.52. The number of hydrogen-bond donors (Lipinski definition) is 0. The topological polar surface area (TPSA) is 21.8 Å². The molecular weight excluding hydrogens is 296 g/mol. The molecule has 134 valence electrons. The van der Waals surface area contributed by atoms with Crippen LogP contribution >= 0.6 is 0 Å². The van der Waals surface area contributed by atoms with Crippen molar-refractivity contribution in [3.63, 3.8) is 0 Å². The number of unbranched alkanes of at least 4 members (excludes halogenated alkanes) is 6. The zero-order chi connectivity index (χ0) is 17.1. The van der Waals surface area contributed by atoms with Gasteiger partial charge in [-0.1, -0.05) is 56.9 Å². The van der Waals surface area contributed by atoms with Crippen LogP contribution in [0.15, 0.2) is 36.4 Å². The summed E-state index contributed by atoms with van der Waals surface area (Å²) < 4.78 is 11.2. The van der Waals surface area contributed by atoms with Gasteiger partial charge in [0.1, 0.15) is 18.0 Å². The van der Waals surface area contributed by atoms with Gasteiger partial charge < -0.3 is 9.47 Å². The zero-order valence-corrected chi connectivity index (χ0v) is 15.6. The van der Waals surface area contributed by atoms with Crippen LogP contribution in [0.5, 0.6) is 5.75 Å². The van der Waals surface area contributed by atoms with Gasteiger partial charge in [-0.15, -0.1) is 0 Å². The van der Waals surface area contributed by atoms with Crippen molar-refractivity contribution in [1.29, 1.82) is 0 Å². The fraction of sp³-hybridized carbons (Fsp3) is 0.636. The van der Waals surface area contributed by atoms with Crippen molar-refractivity contribution in [3.05, 3.63) is 42.0 Å². The molecule has 1 aromatic carbocycles. The summed E-state index contributed by atoms with van der Waals surface area (Å²) in [5.74, 6) is 0.975. The summed E-state index contributed by atoms with van der Waals surface area (Å²) in [7, 11) is 0. The van der Waals surface area contributed by atoms with Gasteiger partial charge in [0.25, 0.3) is 0 Å². The summed E-state index contributed by atoms with van der Waals surface area (Å²) in [6, 6.07) is 8.54. The molecule has 0 radical (unpaired) electrons. The highest BCUT2D eigenvalue weighted by molar-refractivity contribution is 5.28. The van der Waals surface area contributed by atoms with Crippen molar-refractivity contribution >= 4 is 0 Å². The van der Waals surface area contributed by atoms with Crippen molar-refractivity contribution in [2.75, 3.05) is 13.2 Å². The highest BCUT2D eigenvalue weighted by atomic mass is 16.6. The smallest absolute Gasteiger partial charge is 0.123 e. The SMILES string of the molecule is CCC/C=C/CCCCCCCc1cccc(OCC2(C)CO2)c1. The molecule has 1 aliphatic rings. The first-order valence-corrected chi connectivity index (χ1v) is 9.72. The molecule has 24 heavy (non-hydrogen) atoms. The van der Waals surface area contributed by atoms with Crippen LogP contribution in [0.3, 0.4) is 0 Å². The second-order valence-electron chi connectivity index (χ2n) is 7.24. The highest BCUT2D eigenvalue weighted by Gasteiger charge is 2.40. The van der Waals surface area contributed by atoms with Crippen LogP contribution in [-0.4, -0.2) is 18.8 Å². The van der Waals surface area contributed by atoms with E-state index in [2.05, 4.69) is 44.2 Å². The molecule has 2 heteroatoms. The lowest BCUT2D eigenvalue weighted by atomic mass is 10.0. The maximum Gasteiger partial charge on any atom is 0.123 e. The van der Waals surface area contributed by atoms with E-state index in [1.165, 1.54) is 56.9 Å². The van der Waals surface area contributed by atoms with Gasteiger partial charge in [0.15, 0.2) is 0 Å². The number of hydrogen-bond acceptors (Lipinski definition) is 2. The number of ether oxygens (including phenoxy) is 2. The molecule has 0 amide bonds. The van der Waals surface area contributed by atoms with Gasteiger partial charge in [0.05, 0.1) is 6.61 Å². The predicted molar refractivity (Wildman–Crippen MR) is 102 cm³/mol. The minimum absolute atomic E-state index is 0.0399. The molecule has 1 atom stereocenters. The van der Waals surface area contributed by atoms with Crippen molar-refractivity contribution < 1.29 is 9.47 Å². The normalized spacial score (nSPS) is 19.8. The average Bonchev–Trinajstić information content (AvgIpc) is 3.33. The third-order valence-electron chi connectivity index (χ3n) is 4.54. The Kier molecular flexibility index (Phi) is 8.38. The molecule has 0 N–H and O–H groups in total. The molecule has 0 spiro atoms. The van der Waals surface area contributed by atoms with Gasteiger partial charge >= 0.3 is 0 Å². The quantitative estimate of drug-likeness (QED) is 0.248. The Morgan fingerprint density at radius 2 is 1.83 bits per heavy atom. The zero-order valence-electron chi connectivity index (χ0n) is 15.6. The molecule has 1 saturated heterocycles. The average molecular weight is 331 g/mol. The van der Waals surface area contributed by atoms with Crippen LogP contribution in [-0.2, 0) is 11.2 Å². The minimum atomic E-state index is -0.0399. The van der Waals surface area contributed by atoms with Gasteiger partial charge in [-0.3, -0.25) is 0 Å². The molecule has 1 unspecified atom stereocenters. The summed E-state index contributed by atoms with van der Waals surface area (Å²) in [5, 5.41) is 0. The first-order valence-electron chi connectivity index (χ1n) is 9.72. The Hall–Kier alpha value is -1.28. The summed E-state index contributed by atoms with van der Waals surface area (Å²) in [5.41, 5.74) is 1.35. The predicted octanol–water partition coefficient (Wildman–Crippen LogP) is 6.09. The molecule has 0 aliphatic carbocycles. The van der Waals surface area contributed by atoms with Gasteiger partial charge in [-0.2, -0.15) is 0 Å². The van der Waals surface area contributed by atoms with Crippen molar-refractivity contribution in [1.82, 2.24) is 0 Å². The third-order valence-corrected chi connectivity index (χ3v) is 4.54. The molecular formula is C22H34O2. The van der Waals surface area contributed by atoms with E-state index in [4.69, 9.17) is 9.47 Å². The van der Waals surface area contributed by atoms with Gasteiger partial charge in [-0.05, 0) is 56.7 Å². The van der Waals surface area contributed by atoms with Crippen LogP contribution in [0.4, 0.5) is 0 Å². The number of rotatable bonds is 13. The van der Waals surface area contributed by atoms with Crippen molar-refractivity contribution in [2.24, 2.45) is 0 Å². The second kappa shape index (κ2) is 10.6. The first kappa shape index (κ1) is 19.1. The molecule has 1 fully saturated rings. The van der Waals surface area contributed by atoms with E-state index in [0.717, 1.165) is 18.8 Å². The lowest BCUT2D eigenvalue weighted by molar-refractivity contribution is 0.202. The summed E-state index contributed by atoms with van der Waals surface area (Å²) in [6.45, 7) is 5.80. The summed E-state index contributed by atoms with van der Waals surface area (Å²) >= 11 is 0. The van der Waals surface area contributed by atoms with E-state index in [0.29, 0.717) is 6.61 Å². The molecule has 1 heterocycles. The molecule has 1 aromatic rings. The summed E-state index contributed by atoms with van der Waals surface area (Å²) in [6.07, 6.45) is 16.2. The Labute approximate surface area is 148 Å². The Bertz CT molecular complexity index is 488. The van der Waals surface area contributed by atoms with Crippen LogP contribution < -0.4 is 4.74 Å². The van der Waals surface area contributed by atoms with E-state index >= 15 is 0 Å². The lowest BCUT2D eigenvalue weighted by Crippen LogP contribution is -2.16. The standard InChI is InChI=1S/C22H34O2/c1-3-4-5-6-7-8-9-10-11-12-14-20-15-13-16-21(17-20)23-18-22(2)19-24-22/h5-6,13,15-17H,3-4,7-12,14,18-19H2,1-2H3/b6-5+. The Morgan fingerprint density at radius 3 is 2.62 bits per heavy atom. The van der Waals surface area contributed by atoms with Crippen molar-refractivity contribution in [3.8, 4) is 5.75 Å². The molecule has 2 rings (SSSR count). The number of epoxide rings is 1. The van der Waals surface area contributed by atoms with Crippen molar-refractivity contribution in [2.45, 2.75) is 77.2 Å². The molecule has 0 aromatic heterocycles. The van der Waals surface area contributed by atoms with Crippen LogP contribution in [0.2, 0.25) is 0 Å². The number of aryl methyl sites for hydroxylation is 1. The van der Waals surface area contributed by atoms with Crippen LogP contribution in [0.25, 0.3) is 0 Å². The van der Waals surface area contributed by atoms with Crippen LogP contribution in [0.1, 0.15) is 70.8 Å². The maximum atomic E-state index is 5.84. The van der Waals surface area contributed by atoms with Gasteiger partial charge in [-0.25, -0.2) is 0 Å². The third kappa shape index (κ3) is 8.01. The van der Waals surface area contributed by atoms with E-state index < -0.39 is 0 Å². The number of benzene rings is 1. The van der Waals surface area contributed by atoms with Gasteiger partial charge in [0.2, 0.25) is 0 Å². The van der Waals surface area contributed by atoms with E-state index in [1.54, 1.807) is 0 Å². The first-order chi connectivity index (χ1) is 11.7. The minimum Gasteiger partial charge on any atom is -0.490 e.